The summed E-state index contributed by atoms with van der Waals surface area (Å²) in [5, 5.41) is 3.26. The van der Waals surface area contributed by atoms with Crippen LogP contribution in [0.3, 0.4) is 0 Å². The van der Waals surface area contributed by atoms with Crippen molar-refractivity contribution >= 4 is 11.6 Å². The third-order valence-corrected chi connectivity index (χ3v) is 2.50. The summed E-state index contributed by atoms with van der Waals surface area (Å²) in [6, 6.07) is 4.67. The fourth-order valence-corrected chi connectivity index (χ4v) is 1.60. The molecule has 0 aliphatic rings. The van der Waals surface area contributed by atoms with Gasteiger partial charge >= 0.3 is 6.18 Å². The maximum Gasteiger partial charge on any atom is 0.422 e. The highest BCUT2D eigenvalue weighted by atomic mass is 35.5. The van der Waals surface area contributed by atoms with Crippen molar-refractivity contribution in [3.63, 3.8) is 0 Å². The first-order chi connectivity index (χ1) is 8.92. The van der Waals surface area contributed by atoms with Crippen molar-refractivity contribution < 1.29 is 22.6 Å². The van der Waals surface area contributed by atoms with Gasteiger partial charge in [-0.15, -0.1) is 0 Å². The van der Waals surface area contributed by atoms with E-state index in [9.17, 15) is 13.2 Å². The van der Waals surface area contributed by atoms with Crippen LogP contribution < -0.4 is 10.1 Å². The Morgan fingerprint density at radius 2 is 2.05 bits per heavy atom. The number of ether oxygens (including phenoxy) is 2. The zero-order valence-electron chi connectivity index (χ0n) is 10.4. The SMILES string of the molecule is COCCNCc1ccc(OCC(F)(F)F)c(Cl)c1. The van der Waals surface area contributed by atoms with E-state index in [1.54, 1.807) is 19.2 Å². The first kappa shape index (κ1) is 16.1. The highest BCUT2D eigenvalue weighted by molar-refractivity contribution is 6.32. The molecule has 0 fully saturated rings. The van der Waals surface area contributed by atoms with Gasteiger partial charge in [0.05, 0.1) is 11.6 Å². The molecule has 1 aromatic rings. The van der Waals surface area contributed by atoms with Crippen LogP contribution in [0.2, 0.25) is 5.02 Å². The second-order valence-corrected chi connectivity index (χ2v) is 4.25. The van der Waals surface area contributed by atoms with Crippen molar-refractivity contribution in [2.24, 2.45) is 0 Å². The number of hydrogen-bond acceptors (Lipinski definition) is 3. The van der Waals surface area contributed by atoms with Crippen molar-refractivity contribution in [1.82, 2.24) is 5.32 Å². The Bertz CT molecular complexity index is 399. The Balaban J connectivity index is 2.49. The van der Waals surface area contributed by atoms with Crippen LogP contribution in [0.4, 0.5) is 13.2 Å². The van der Waals surface area contributed by atoms with Gasteiger partial charge in [0.15, 0.2) is 6.61 Å². The number of halogens is 4. The minimum absolute atomic E-state index is 0.0274. The van der Waals surface area contributed by atoms with Gasteiger partial charge in [-0.1, -0.05) is 17.7 Å². The maximum absolute atomic E-state index is 12.0. The van der Waals surface area contributed by atoms with Crippen LogP contribution >= 0.6 is 11.6 Å². The second kappa shape index (κ2) is 7.57. The average molecular weight is 298 g/mol. The van der Waals surface area contributed by atoms with Crippen LogP contribution in [0.1, 0.15) is 5.56 Å². The number of hydrogen-bond donors (Lipinski definition) is 1. The number of benzene rings is 1. The van der Waals surface area contributed by atoms with Crippen LogP contribution in [0.15, 0.2) is 18.2 Å². The van der Waals surface area contributed by atoms with Gasteiger partial charge in [-0.3, -0.25) is 0 Å². The summed E-state index contributed by atoms with van der Waals surface area (Å²) < 4.78 is 45.5. The van der Waals surface area contributed by atoms with Gasteiger partial charge in [0, 0.05) is 20.2 Å². The molecule has 1 aromatic carbocycles. The molecule has 0 spiro atoms. The van der Waals surface area contributed by atoms with E-state index in [0.717, 1.165) is 5.56 Å². The standard InChI is InChI=1S/C12H15ClF3NO2/c1-18-5-4-17-7-9-2-3-11(10(13)6-9)19-8-12(14,15)16/h2-3,6,17H,4-5,7-8H2,1H3. The Hall–Kier alpha value is -0.980. The molecule has 1 N–H and O–H groups in total. The number of nitrogens with one attached hydrogen (secondary N) is 1. The summed E-state index contributed by atoms with van der Waals surface area (Å²) in [6.07, 6.45) is -4.37. The lowest BCUT2D eigenvalue weighted by atomic mass is 10.2. The summed E-state index contributed by atoms with van der Waals surface area (Å²) in [6.45, 7) is 0.474. The van der Waals surface area contributed by atoms with Crippen molar-refractivity contribution in [3.8, 4) is 5.75 Å². The summed E-state index contributed by atoms with van der Waals surface area (Å²) in [5.74, 6) is 0.0274. The number of rotatable bonds is 7. The van der Waals surface area contributed by atoms with E-state index < -0.39 is 12.8 Å². The van der Waals surface area contributed by atoms with Gasteiger partial charge < -0.3 is 14.8 Å². The lowest BCUT2D eigenvalue weighted by Gasteiger charge is -2.11. The smallest absolute Gasteiger partial charge is 0.422 e. The Labute approximate surface area is 114 Å². The molecule has 0 atom stereocenters. The quantitative estimate of drug-likeness (QED) is 0.785. The minimum atomic E-state index is -4.37. The van der Waals surface area contributed by atoms with Gasteiger partial charge in [0.25, 0.3) is 0 Å². The molecule has 0 bridgehead atoms. The van der Waals surface area contributed by atoms with Gasteiger partial charge in [0.2, 0.25) is 0 Å². The molecule has 0 saturated heterocycles. The van der Waals surface area contributed by atoms with Crippen LogP contribution in [-0.4, -0.2) is 33.0 Å². The van der Waals surface area contributed by atoms with E-state index >= 15 is 0 Å². The summed E-state index contributed by atoms with van der Waals surface area (Å²) in [4.78, 5) is 0. The Morgan fingerprint density at radius 3 is 2.63 bits per heavy atom. The molecule has 3 nitrogen and oxygen atoms in total. The molecule has 0 amide bonds. The molecule has 0 heterocycles. The maximum atomic E-state index is 12.0. The largest absolute Gasteiger partial charge is 0.483 e. The van der Waals surface area contributed by atoms with Crippen molar-refractivity contribution in [3.05, 3.63) is 28.8 Å². The van der Waals surface area contributed by atoms with Gasteiger partial charge in [0.1, 0.15) is 5.75 Å². The molecule has 0 aromatic heterocycles. The fraction of sp³-hybridized carbons (Fsp3) is 0.500. The predicted molar refractivity (Wildman–Crippen MR) is 66.6 cm³/mol. The van der Waals surface area contributed by atoms with E-state index in [1.165, 1.54) is 6.07 Å². The predicted octanol–water partition coefficient (Wildman–Crippen LogP) is 3.02. The normalized spacial score (nSPS) is 11.6. The van der Waals surface area contributed by atoms with Crippen LogP contribution in [0, 0.1) is 0 Å². The Morgan fingerprint density at radius 1 is 1.32 bits per heavy atom. The molecule has 0 aliphatic carbocycles. The molecule has 0 radical (unpaired) electrons. The van der Waals surface area contributed by atoms with Crippen molar-refractivity contribution in [1.29, 1.82) is 0 Å². The highest BCUT2D eigenvalue weighted by Crippen LogP contribution is 2.27. The fourth-order valence-electron chi connectivity index (χ4n) is 1.34. The minimum Gasteiger partial charge on any atom is -0.483 e. The van der Waals surface area contributed by atoms with Crippen molar-refractivity contribution in [2.45, 2.75) is 12.7 Å². The zero-order chi connectivity index (χ0) is 14.3. The molecule has 1 rings (SSSR count). The zero-order valence-corrected chi connectivity index (χ0v) is 11.1. The summed E-state index contributed by atoms with van der Waals surface area (Å²) >= 11 is 5.85. The molecular formula is C12H15ClF3NO2. The van der Waals surface area contributed by atoms with E-state index in [2.05, 4.69) is 10.1 Å². The third kappa shape index (κ3) is 6.66. The van der Waals surface area contributed by atoms with E-state index in [1.807, 2.05) is 0 Å². The first-order valence-electron chi connectivity index (χ1n) is 5.60. The molecular weight excluding hydrogens is 283 g/mol. The summed E-state index contributed by atoms with van der Waals surface area (Å²) in [7, 11) is 1.60. The number of methoxy groups -OCH3 is 1. The van der Waals surface area contributed by atoms with Gasteiger partial charge in [-0.2, -0.15) is 13.2 Å². The van der Waals surface area contributed by atoms with E-state index in [4.69, 9.17) is 16.3 Å². The molecule has 0 unspecified atom stereocenters. The van der Waals surface area contributed by atoms with Crippen molar-refractivity contribution in [2.75, 3.05) is 26.9 Å². The monoisotopic (exact) mass is 297 g/mol. The third-order valence-electron chi connectivity index (χ3n) is 2.20. The molecule has 108 valence electrons. The average Bonchev–Trinajstić information content (AvgIpc) is 2.32. The highest BCUT2D eigenvalue weighted by Gasteiger charge is 2.28. The lowest BCUT2D eigenvalue weighted by molar-refractivity contribution is -0.153. The van der Waals surface area contributed by atoms with Crippen LogP contribution in [0.5, 0.6) is 5.75 Å². The van der Waals surface area contributed by atoms with Gasteiger partial charge in [-0.25, -0.2) is 0 Å². The molecule has 0 saturated carbocycles. The molecule has 0 aliphatic heterocycles. The molecule has 19 heavy (non-hydrogen) atoms. The summed E-state index contributed by atoms with van der Waals surface area (Å²) in [5.41, 5.74) is 0.862. The van der Waals surface area contributed by atoms with Crippen LogP contribution in [0.25, 0.3) is 0 Å². The lowest BCUT2D eigenvalue weighted by Crippen LogP contribution is -2.20. The topological polar surface area (TPSA) is 30.5 Å². The molecule has 7 heteroatoms. The van der Waals surface area contributed by atoms with E-state index in [-0.39, 0.29) is 10.8 Å². The van der Waals surface area contributed by atoms with Gasteiger partial charge in [-0.05, 0) is 17.7 Å². The van der Waals surface area contributed by atoms with E-state index in [0.29, 0.717) is 19.7 Å². The van der Waals surface area contributed by atoms with Crippen LogP contribution in [-0.2, 0) is 11.3 Å². The first-order valence-corrected chi connectivity index (χ1v) is 5.98. The Kier molecular flexibility index (Phi) is 6.41. The second-order valence-electron chi connectivity index (χ2n) is 3.84. The number of alkyl halides is 3.